The zero-order chi connectivity index (χ0) is 13.9. The average Bonchev–Trinajstić information content (AvgIpc) is 2.39. The molecule has 2 N–H and O–H groups in total. The second kappa shape index (κ2) is 5.51. The van der Waals surface area contributed by atoms with Crippen molar-refractivity contribution in [2.45, 2.75) is 44.7 Å². The molecule has 3 nitrogen and oxygen atoms in total. The van der Waals surface area contributed by atoms with E-state index in [1.165, 1.54) is 0 Å². The highest BCUT2D eigenvalue weighted by molar-refractivity contribution is 5.45. The van der Waals surface area contributed by atoms with E-state index in [0.29, 0.717) is 0 Å². The molecule has 1 aromatic carbocycles. The van der Waals surface area contributed by atoms with Crippen molar-refractivity contribution < 1.29 is 5.11 Å². The largest absolute Gasteiger partial charge is 0.394 e. The molecule has 1 aromatic rings. The van der Waals surface area contributed by atoms with E-state index in [1.54, 1.807) is 0 Å². The fraction of sp³-hybridized carbons (Fsp3) is 0.625. The van der Waals surface area contributed by atoms with E-state index < -0.39 is 0 Å². The minimum Gasteiger partial charge on any atom is -0.394 e. The smallest absolute Gasteiger partial charge is 0.0662 e. The van der Waals surface area contributed by atoms with Crippen LogP contribution in [0, 0.1) is 0 Å². The number of benzene rings is 1. The van der Waals surface area contributed by atoms with Crippen LogP contribution in [0.3, 0.4) is 0 Å². The Balaban J connectivity index is 2.02. The number of rotatable bonds is 3. The van der Waals surface area contributed by atoms with Gasteiger partial charge in [-0.1, -0.05) is 18.2 Å². The van der Waals surface area contributed by atoms with Crippen LogP contribution in [-0.4, -0.2) is 40.8 Å². The molecule has 3 heteroatoms. The van der Waals surface area contributed by atoms with Crippen LogP contribution in [0.2, 0.25) is 0 Å². The first-order valence-electron chi connectivity index (χ1n) is 7.14. The van der Waals surface area contributed by atoms with Gasteiger partial charge in [0.05, 0.1) is 12.1 Å². The van der Waals surface area contributed by atoms with Gasteiger partial charge < -0.3 is 10.4 Å². The minimum atomic E-state index is -0.164. The second-order valence-electron chi connectivity index (χ2n) is 6.59. The summed E-state index contributed by atoms with van der Waals surface area (Å²) in [6, 6.07) is 10.2. The lowest BCUT2D eigenvalue weighted by Gasteiger charge is -2.46. The first-order valence-corrected chi connectivity index (χ1v) is 7.14. The molecule has 0 saturated carbocycles. The predicted octanol–water partition coefficient (Wildman–Crippen LogP) is 2.72. The summed E-state index contributed by atoms with van der Waals surface area (Å²) in [5.41, 5.74) is 1.15. The highest BCUT2D eigenvalue weighted by Gasteiger charge is 2.36. The summed E-state index contributed by atoms with van der Waals surface area (Å²) in [4.78, 5) is 2.49. The molecule has 2 rings (SSSR count). The van der Waals surface area contributed by atoms with Crippen molar-refractivity contribution in [3.63, 3.8) is 0 Å². The van der Waals surface area contributed by atoms with E-state index >= 15 is 0 Å². The Kier molecular flexibility index (Phi) is 4.16. The summed E-state index contributed by atoms with van der Waals surface area (Å²) in [5, 5.41) is 13.4. The molecule has 0 unspecified atom stereocenters. The lowest BCUT2D eigenvalue weighted by molar-refractivity contribution is 0.0609. The number of nitrogens with zero attached hydrogens (tertiary/aromatic N) is 1. The van der Waals surface area contributed by atoms with Crippen molar-refractivity contribution in [3.05, 3.63) is 30.3 Å². The topological polar surface area (TPSA) is 35.5 Å². The number of anilines is 1. The summed E-state index contributed by atoms with van der Waals surface area (Å²) in [7, 11) is 0. The van der Waals surface area contributed by atoms with Crippen molar-refractivity contribution in [2.24, 2.45) is 0 Å². The third-order valence-corrected chi connectivity index (χ3v) is 4.16. The molecule has 0 atom stereocenters. The summed E-state index contributed by atoms with van der Waals surface area (Å²) < 4.78 is 0. The highest BCUT2D eigenvalue weighted by Crippen LogP contribution is 2.29. The molecule has 0 aromatic heterocycles. The van der Waals surface area contributed by atoms with Crippen LogP contribution >= 0.6 is 0 Å². The van der Waals surface area contributed by atoms with E-state index in [2.05, 4.69) is 43.1 Å². The van der Waals surface area contributed by atoms with Crippen LogP contribution in [0.5, 0.6) is 0 Å². The Morgan fingerprint density at radius 2 is 1.74 bits per heavy atom. The summed E-state index contributed by atoms with van der Waals surface area (Å²) in [5.74, 6) is 0. The highest BCUT2D eigenvalue weighted by atomic mass is 16.3. The minimum absolute atomic E-state index is 0.164. The molecule has 1 aliphatic rings. The molecular formula is C16H26N2O. The van der Waals surface area contributed by atoms with Crippen molar-refractivity contribution >= 4 is 5.69 Å². The average molecular weight is 262 g/mol. The molecule has 0 amide bonds. The van der Waals surface area contributed by atoms with Gasteiger partial charge in [-0.3, -0.25) is 4.90 Å². The van der Waals surface area contributed by atoms with E-state index in [9.17, 15) is 5.11 Å². The maximum Gasteiger partial charge on any atom is 0.0662 e. The van der Waals surface area contributed by atoms with Gasteiger partial charge in [0, 0.05) is 24.3 Å². The number of aliphatic hydroxyl groups is 1. The van der Waals surface area contributed by atoms with Crippen LogP contribution in [0.1, 0.15) is 33.6 Å². The van der Waals surface area contributed by atoms with Crippen molar-refractivity contribution in [1.82, 2.24) is 4.90 Å². The number of likely N-dealkylation sites (tertiary alicyclic amines) is 1. The molecule has 0 aliphatic carbocycles. The monoisotopic (exact) mass is 262 g/mol. The number of piperidine rings is 1. The van der Waals surface area contributed by atoms with Crippen LogP contribution in [-0.2, 0) is 0 Å². The Hall–Kier alpha value is -1.06. The maximum absolute atomic E-state index is 9.81. The summed E-state index contributed by atoms with van der Waals surface area (Å²) >= 11 is 0. The fourth-order valence-corrected chi connectivity index (χ4v) is 2.76. The standard InChI is InChI=1S/C16H26N2O/c1-15(2,3)18-11-9-16(13-19,10-12-18)17-14-7-5-4-6-8-14/h4-8,17,19H,9-13H2,1-3H3. The van der Waals surface area contributed by atoms with Crippen LogP contribution in [0.15, 0.2) is 30.3 Å². The van der Waals surface area contributed by atoms with E-state index in [-0.39, 0.29) is 17.7 Å². The predicted molar refractivity (Wildman–Crippen MR) is 80.4 cm³/mol. The number of para-hydroxylation sites is 1. The van der Waals surface area contributed by atoms with Crippen molar-refractivity contribution in [2.75, 3.05) is 25.0 Å². The number of hydrogen-bond acceptors (Lipinski definition) is 3. The molecule has 0 radical (unpaired) electrons. The third-order valence-electron chi connectivity index (χ3n) is 4.16. The van der Waals surface area contributed by atoms with E-state index in [1.807, 2.05) is 18.2 Å². The fourth-order valence-electron chi connectivity index (χ4n) is 2.76. The van der Waals surface area contributed by atoms with Gasteiger partial charge in [-0.2, -0.15) is 0 Å². The Morgan fingerprint density at radius 1 is 1.16 bits per heavy atom. The molecule has 106 valence electrons. The first kappa shape index (κ1) is 14.4. The summed E-state index contributed by atoms with van der Waals surface area (Å²) in [6.07, 6.45) is 1.96. The van der Waals surface area contributed by atoms with Gasteiger partial charge in [0.15, 0.2) is 0 Å². The molecule has 1 fully saturated rings. The normalized spacial score (nSPS) is 20.2. The van der Waals surface area contributed by atoms with Gasteiger partial charge in [0.1, 0.15) is 0 Å². The van der Waals surface area contributed by atoms with Crippen molar-refractivity contribution in [1.29, 1.82) is 0 Å². The lowest BCUT2D eigenvalue weighted by atomic mass is 9.86. The van der Waals surface area contributed by atoms with Gasteiger partial charge in [-0.25, -0.2) is 0 Å². The van der Waals surface area contributed by atoms with Crippen LogP contribution in [0.4, 0.5) is 5.69 Å². The quantitative estimate of drug-likeness (QED) is 0.879. The zero-order valence-electron chi connectivity index (χ0n) is 12.3. The number of aliphatic hydroxyl groups excluding tert-OH is 1. The molecule has 19 heavy (non-hydrogen) atoms. The molecule has 1 heterocycles. The number of hydrogen-bond donors (Lipinski definition) is 2. The van der Waals surface area contributed by atoms with Gasteiger partial charge in [0.2, 0.25) is 0 Å². The SMILES string of the molecule is CC(C)(C)N1CCC(CO)(Nc2ccccc2)CC1. The molecule has 0 spiro atoms. The first-order chi connectivity index (χ1) is 8.95. The van der Waals surface area contributed by atoms with E-state index in [4.69, 9.17) is 0 Å². The van der Waals surface area contributed by atoms with Gasteiger partial charge >= 0.3 is 0 Å². The maximum atomic E-state index is 9.81. The Morgan fingerprint density at radius 3 is 2.21 bits per heavy atom. The van der Waals surface area contributed by atoms with Crippen LogP contribution in [0.25, 0.3) is 0 Å². The summed E-state index contributed by atoms with van der Waals surface area (Å²) in [6.45, 7) is 9.02. The third kappa shape index (κ3) is 3.48. The zero-order valence-corrected chi connectivity index (χ0v) is 12.3. The van der Waals surface area contributed by atoms with Gasteiger partial charge in [-0.05, 0) is 45.7 Å². The Bertz CT molecular complexity index is 389. The molecule has 0 bridgehead atoms. The number of nitrogens with one attached hydrogen (secondary N) is 1. The van der Waals surface area contributed by atoms with E-state index in [0.717, 1.165) is 31.6 Å². The lowest BCUT2D eigenvalue weighted by Crippen LogP contribution is -2.55. The Labute approximate surface area is 116 Å². The van der Waals surface area contributed by atoms with Crippen LogP contribution < -0.4 is 5.32 Å². The second-order valence-corrected chi connectivity index (χ2v) is 6.59. The van der Waals surface area contributed by atoms with Gasteiger partial charge in [0.25, 0.3) is 0 Å². The van der Waals surface area contributed by atoms with Gasteiger partial charge in [-0.15, -0.1) is 0 Å². The molecule has 1 saturated heterocycles. The molecule has 1 aliphatic heterocycles. The molecular weight excluding hydrogens is 236 g/mol. The van der Waals surface area contributed by atoms with Crippen molar-refractivity contribution in [3.8, 4) is 0 Å².